The number of sulfonamides is 1. The Balaban J connectivity index is 1.42. The molecule has 0 bridgehead atoms. The molecule has 1 saturated heterocycles. The van der Waals surface area contributed by atoms with E-state index < -0.39 is 10.0 Å². The molecule has 8 heteroatoms. The molecule has 1 N–H and O–H groups in total. The van der Waals surface area contributed by atoms with Crippen LogP contribution in [-0.2, 0) is 14.8 Å². The number of anilines is 1. The molecule has 1 atom stereocenters. The number of rotatable bonds is 9. The Bertz CT molecular complexity index is 898. The van der Waals surface area contributed by atoms with Crippen molar-refractivity contribution in [2.75, 3.05) is 43.4 Å². The van der Waals surface area contributed by atoms with E-state index in [-0.39, 0.29) is 17.6 Å². The summed E-state index contributed by atoms with van der Waals surface area (Å²) in [6.45, 7) is 4.50. The molecule has 1 aromatic heterocycles. The Hall–Kier alpha value is -2.45. The van der Waals surface area contributed by atoms with Crippen molar-refractivity contribution in [1.82, 2.24) is 14.6 Å². The zero-order chi connectivity index (χ0) is 21.4. The van der Waals surface area contributed by atoms with Crippen LogP contribution in [0.5, 0.6) is 0 Å². The molecule has 30 heavy (non-hydrogen) atoms. The molecule has 3 rings (SSSR count). The Morgan fingerprint density at radius 2 is 1.77 bits per heavy atom. The Kier molecular flexibility index (Phi) is 7.81. The average Bonchev–Trinajstić information content (AvgIpc) is 2.79. The van der Waals surface area contributed by atoms with Gasteiger partial charge in [-0.3, -0.25) is 4.79 Å². The van der Waals surface area contributed by atoms with Gasteiger partial charge < -0.3 is 10.2 Å². The largest absolute Gasteiger partial charge is 0.356 e. The van der Waals surface area contributed by atoms with Gasteiger partial charge in [-0.25, -0.2) is 13.4 Å². The van der Waals surface area contributed by atoms with Crippen molar-refractivity contribution in [2.24, 2.45) is 0 Å². The molecule has 0 radical (unpaired) electrons. The third-order valence-electron chi connectivity index (χ3n) is 5.41. The zero-order valence-corrected chi connectivity index (χ0v) is 18.2. The van der Waals surface area contributed by atoms with Gasteiger partial charge in [0, 0.05) is 38.9 Å². The Labute approximate surface area is 179 Å². The number of benzene rings is 1. The number of carbonyl (C=O) groups is 1. The summed E-state index contributed by atoms with van der Waals surface area (Å²) in [5.41, 5.74) is 0.982. The average molecular weight is 431 g/mol. The Morgan fingerprint density at radius 3 is 2.40 bits per heavy atom. The van der Waals surface area contributed by atoms with Crippen molar-refractivity contribution in [3.05, 3.63) is 60.3 Å². The minimum atomic E-state index is -3.33. The van der Waals surface area contributed by atoms with Crippen molar-refractivity contribution >= 4 is 21.7 Å². The molecule has 1 fully saturated rings. The second-order valence-corrected chi connectivity index (χ2v) is 9.49. The van der Waals surface area contributed by atoms with Crippen LogP contribution in [0.3, 0.4) is 0 Å². The van der Waals surface area contributed by atoms with Crippen molar-refractivity contribution in [3.8, 4) is 0 Å². The third kappa shape index (κ3) is 5.79. The topological polar surface area (TPSA) is 82.6 Å². The second kappa shape index (κ2) is 10.5. The molecule has 1 aromatic carbocycles. The summed E-state index contributed by atoms with van der Waals surface area (Å²) < 4.78 is 26.9. The van der Waals surface area contributed by atoms with Gasteiger partial charge in [0.15, 0.2) is 0 Å². The molecule has 0 spiro atoms. The quantitative estimate of drug-likeness (QED) is 0.617. The molecule has 0 aliphatic carbocycles. The fraction of sp³-hybridized carbons (Fsp3) is 0.455. The van der Waals surface area contributed by atoms with E-state index in [2.05, 4.69) is 15.2 Å². The first-order chi connectivity index (χ1) is 14.5. The lowest BCUT2D eigenvalue weighted by molar-refractivity contribution is -0.122. The monoisotopic (exact) mass is 430 g/mol. The maximum atomic E-state index is 12.7. The molecule has 0 saturated carbocycles. The Morgan fingerprint density at radius 1 is 1.07 bits per heavy atom. The maximum absolute atomic E-state index is 12.7. The third-order valence-corrected chi connectivity index (χ3v) is 7.37. The molecule has 1 unspecified atom stereocenters. The summed E-state index contributed by atoms with van der Waals surface area (Å²) in [4.78, 5) is 18.9. The first-order valence-corrected chi connectivity index (χ1v) is 12.1. The SMILES string of the molecule is CCC(C(=O)NCCCS(=O)(=O)N1CCN(c2ccccn2)CC1)c1ccccc1. The van der Waals surface area contributed by atoms with Crippen molar-refractivity contribution < 1.29 is 13.2 Å². The van der Waals surface area contributed by atoms with Crippen LogP contribution < -0.4 is 10.2 Å². The van der Waals surface area contributed by atoms with Crippen LogP contribution in [0, 0.1) is 0 Å². The molecule has 7 nitrogen and oxygen atoms in total. The predicted octanol–water partition coefficient (Wildman–Crippen LogP) is 2.23. The summed E-state index contributed by atoms with van der Waals surface area (Å²) >= 11 is 0. The highest BCUT2D eigenvalue weighted by atomic mass is 32.2. The summed E-state index contributed by atoms with van der Waals surface area (Å²) in [5.74, 6) is 0.660. The fourth-order valence-corrected chi connectivity index (χ4v) is 5.20. The summed E-state index contributed by atoms with van der Waals surface area (Å²) in [6.07, 6.45) is 2.85. The van der Waals surface area contributed by atoms with E-state index in [1.54, 1.807) is 10.5 Å². The van der Waals surface area contributed by atoms with Gasteiger partial charge in [-0.2, -0.15) is 4.31 Å². The first-order valence-electron chi connectivity index (χ1n) is 10.5. The van der Waals surface area contributed by atoms with Crippen LogP contribution in [0.4, 0.5) is 5.82 Å². The van der Waals surface area contributed by atoms with Crippen molar-refractivity contribution in [3.63, 3.8) is 0 Å². The number of aromatic nitrogens is 1. The van der Waals surface area contributed by atoms with E-state index in [4.69, 9.17) is 0 Å². The van der Waals surface area contributed by atoms with E-state index in [1.807, 2.05) is 55.5 Å². The van der Waals surface area contributed by atoms with E-state index in [0.29, 0.717) is 45.6 Å². The number of carbonyl (C=O) groups excluding carboxylic acids is 1. The maximum Gasteiger partial charge on any atom is 0.227 e. The van der Waals surface area contributed by atoms with E-state index >= 15 is 0 Å². The van der Waals surface area contributed by atoms with E-state index in [9.17, 15) is 13.2 Å². The fourth-order valence-electron chi connectivity index (χ4n) is 3.71. The van der Waals surface area contributed by atoms with Crippen LogP contribution in [0.25, 0.3) is 0 Å². The molecule has 1 aliphatic heterocycles. The van der Waals surface area contributed by atoms with Crippen LogP contribution in [0.1, 0.15) is 31.2 Å². The highest BCUT2D eigenvalue weighted by molar-refractivity contribution is 7.89. The lowest BCUT2D eigenvalue weighted by Crippen LogP contribution is -2.49. The number of hydrogen-bond acceptors (Lipinski definition) is 5. The first kappa shape index (κ1) is 22.2. The van der Waals surface area contributed by atoms with Gasteiger partial charge in [0.1, 0.15) is 5.82 Å². The van der Waals surface area contributed by atoms with Crippen LogP contribution in [0.2, 0.25) is 0 Å². The van der Waals surface area contributed by atoms with Crippen LogP contribution in [0.15, 0.2) is 54.7 Å². The van der Waals surface area contributed by atoms with Gasteiger partial charge >= 0.3 is 0 Å². The second-order valence-electron chi connectivity index (χ2n) is 7.41. The molecule has 2 heterocycles. The van der Waals surface area contributed by atoms with E-state index in [0.717, 1.165) is 11.4 Å². The normalized spacial score (nSPS) is 16.2. The molecule has 2 aromatic rings. The summed E-state index contributed by atoms with van der Waals surface area (Å²) in [7, 11) is -3.33. The van der Waals surface area contributed by atoms with Crippen molar-refractivity contribution in [1.29, 1.82) is 0 Å². The van der Waals surface area contributed by atoms with Crippen LogP contribution >= 0.6 is 0 Å². The summed E-state index contributed by atoms with van der Waals surface area (Å²) in [5, 5.41) is 2.90. The van der Waals surface area contributed by atoms with Crippen LogP contribution in [-0.4, -0.2) is 62.1 Å². The molecule has 1 aliphatic rings. The standard InChI is InChI=1S/C22H30N4O3S/c1-2-20(19-9-4-3-5-10-19)22(27)24-13-8-18-30(28,29)26-16-14-25(15-17-26)21-11-6-7-12-23-21/h3-7,9-12,20H,2,8,13-18H2,1H3,(H,24,27). The minimum Gasteiger partial charge on any atom is -0.356 e. The lowest BCUT2D eigenvalue weighted by atomic mass is 9.96. The number of hydrogen-bond donors (Lipinski definition) is 1. The number of nitrogens with zero attached hydrogens (tertiary/aromatic N) is 3. The number of pyridine rings is 1. The predicted molar refractivity (Wildman–Crippen MR) is 119 cm³/mol. The molecular formula is C22H30N4O3S. The highest BCUT2D eigenvalue weighted by Crippen LogP contribution is 2.19. The van der Waals surface area contributed by atoms with Gasteiger partial charge in [-0.15, -0.1) is 0 Å². The molecule has 1 amide bonds. The van der Waals surface area contributed by atoms with E-state index in [1.165, 1.54) is 0 Å². The van der Waals surface area contributed by atoms with Gasteiger partial charge in [0.05, 0.1) is 11.7 Å². The number of nitrogens with one attached hydrogen (secondary N) is 1. The number of piperazine rings is 1. The molecule has 162 valence electrons. The zero-order valence-electron chi connectivity index (χ0n) is 17.4. The smallest absolute Gasteiger partial charge is 0.227 e. The van der Waals surface area contributed by atoms with Gasteiger partial charge in [0.25, 0.3) is 0 Å². The van der Waals surface area contributed by atoms with Gasteiger partial charge in [0.2, 0.25) is 15.9 Å². The van der Waals surface area contributed by atoms with Crippen molar-refractivity contribution in [2.45, 2.75) is 25.7 Å². The summed E-state index contributed by atoms with van der Waals surface area (Å²) in [6, 6.07) is 15.4. The number of amides is 1. The minimum absolute atomic E-state index is 0.0407. The van der Waals surface area contributed by atoms with Gasteiger partial charge in [-0.05, 0) is 30.5 Å². The molecular weight excluding hydrogens is 400 g/mol. The highest BCUT2D eigenvalue weighted by Gasteiger charge is 2.27. The lowest BCUT2D eigenvalue weighted by Gasteiger charge is -2.34. The van der Waals surface area contributed by atoms with Gasteiger partial charge in [-0.1, -0.05) is 43.3 Å².